The molecule has 1 aliphatic heterocycles. The summed E-state index contributed by atoms with van der Waals surface area (Å²) >= 11 is 0. The lowest BCUT2D eigenvalue weighted by Crippen LogP contribution is -2.43. The van der Waals surface area contributed by atoms with Gasteiger partial charge in [0, 0.05) is 13.1 Å². The van der Waals surface area contributed by atoms with Crippen LogP contribution in [-0.4, -0.2) is 32.1 Å². The van der Waals surface area contributed by atoms with Gasteiger partial charge in [0.15, 0.2) is 0 Å². The fourth-order valence-corrected chi connectivity index (χ4v) is 2.23. The van der Waals surface area contributed by atoms with Gasteiger partial charge in [-0.25, -0.2) is 0 Å². The minimum Gasteiger partial charge on any atom is -0.356 e. The summed E-state index contributed by atoms with van der Waals surface area (Å²) in [6, 6.07) is 0. The SMILES string of the molecule is CCCC1(C(=O)NCCCN)CCNC1. The number of nitrogens with one attached hydrogen (secondary N) is 2. The maximum Gasteiger partial charge on any atom is 0.227 e. The van der Waals surface area contributed by atoms with Crippen molar-refractivity contribution < 1.29 is 4.79 Å². The molecule has 0 saturated carbocycles. The van der Waals surface area contributed by atoms with Crippen molar-refractivity contribution in [1.29, 1.82) is 0 Å². The van der Waals surface area contributed by atoms with Crippen LogP contribution in [-0.2, 0) is 4.79 Å². The van der Waals surface area contributed by atoms with Crippen LogP contribution in [0.4, 0.5) is 0 Å². The molecule has 1 unspecified atom stereocenters. The van der Waals surface area contributed by atoms with Gasteiger partial charge in [0.2, 0.25) is 5.91 Å². The van der Waals surface area contributed by atoms with E-state index < -0.39 is 0 Å². The quantitative estimate of drug-likeness (QED) is 0.553. The van der Waals surface area contributed by atoms with E-state index in [1.165, 1.54) is 0 Å². The molecule has 1 saturated heterocycles. The number of nitrogens with two attached hydrogens (primary N) is 1. The molecule has 1 heterocycles. The van der Waals surface area contributed by atoms with Gasteiger partial charge in [-0.2, -0.15) is 0 Å². The molecule has 0 spiro atoms. The number of rotatable bonds is 6. The van der Waals surface area contributed by atoms with Gasteiger partial charge in [0.05, 0.1) is 5.41 Å². The first-order valence-electron chi connectivity index (χ1n) is 5.94. The van der Waals surface area contributed by atoms with Gasteiger partial charge in [-0.05, 0) is 32.4 Å². The Hall–Kier alpha value is -0.610. The second-order valence-corrected chi connectivity index (χ2v) is 4.36. The molecular weight excluding hydrogens is 190 g/mol. The largest absolute Gasteiger partial charge is 0.356 e. The predicted octanol–water partition coefficient (Wildman–Crippen LogP) is 0.231. The van der Waals surface area contributed by atoms with E-state index in [0.717, 1.165) is 38.8 Å². The molecule has 1 rings (SSSR count). The Bertz CT molecular complexity index is 200. The van der Waals surface area contributed by atoms with Gasteiger partial charge in [-0.15, -0.1) is 0 Å². The highest BCUT2D eigenvalue weighted by Gasteiger charge is 2.39. The fraction of sp³-hybridized carbons (Fsp3) is 0.909. The van der Waals surface area contributed by atoms with Gasteiger partial charge in [0.1, 0.15) is 0 Å². The summed E-state index contributed by atoms with van der Waals surface area (Å²) in [5.74, 6) is 0.211. The first-order valence-corrected chi connectivity index (χ1v) is 5.94. The summed E-state index contributed by atoms with van der Waals surface area (Å²) in [5.41, 5.74) is 5.25. The monoisotopic (exact) mass is 213 g/mol. The molecule has 1 aliphatic rings. The summed E-state index contributed by atoms with van der Waals surface area (Å²) in [6.07, 6.45) is 3.87. The van der Waals surface area contributed by atoms with Crippen molar-refractivity contribution in [2.24, 2.45) is 11.1 Å². The van der Waals surface area contributed by atoms with Crippen molar-refractivity contribution >= 4 is 5.91 Å². The molecule has 0 aliphatic carbocycles. The standard InChI is InChI=1S/C11H23N3O/c1-2-4-11(5-8-13-9-11)10(15)14-7-3-6-12/h13H,2-9,12H2,1H3,(H,14,15). The summed E-state index contributed by atoms with van der Waals surface area (Å²) < 4.78 is 0. The molecule has 0 aromatic heterocycles. The van der Waals surface area contributed by atoms with Crippen molar-refractivity contribution in [2.45, 2.75) is 32.6 Å². The molecule has 0 aromatic rings. The molecule has 0 aromatic carbocycles. The van der Waals surface area contributed by atoms with E-state index in [0.29, 0.717) is 13.1 Å². The second-order valence-electron chi connectivity index (χ2n) is 4.36. The third-order valence-electron chi connectivity index (χ3n) is 3.12. The minimum atomic E-state index is -0.149. The Morgan fingerprint density at radius 3 is 2.93 bits per heavy atom. The molecule has 4 N–H and O–H groups in total. The molecule has 0 bridgehead atoms. The number of carbonyl (C=O) groups excluding carboxylic acids is 1. The van der Waals surface area contributed by atoms with Gasteiger partial charge in [0.25, 0.3) is 0 Å². The van der Waals surface area contributed by atoms with E-state index in [1.54, 1.807) is 0 Å². The van der Waals surface area contributed by atoms with Crippen LogP contribution in [0.5, 0.6) is 0 Å². The van der Waals surface area contributed by atoms with E-state index in [2.05, 4.69) is 17.6 Å². The zero-order chi connectivity index (χ0) is 11.1. The van der Waals surface area contributed by atoms with Crippen molar-refractivity contribution in [3.05, 3.63) is 0 Å². The van der Waals surface area contributed by atoms with Crippen LogP contribution in [0.15, 0.2) is 0 Å². The first-order chi connectivity index (χ1) is 7.25. The Balaban J connectivity index is 2.44. The van der Waals surface area contributed by atoms with Crippen LogP contribution in [0.25, 0.3) is 0 Å². The molecular formula is C11H23N3O. The molecule has 4 nitrogen and oxygen atoms in total. The number of carbonyl (C=O) groups is 1. The van der Waals surface area contributed by atoms with Crippen LogP contribution >= 0.6 is 0 Å². The summed E-state index contributed by atoms with van der Waals surface area (Å²) in [4.78, 5) is 12.0. The maximum atomic E-state index is 12.0. The third-order valence-corrected chi connectivity index (χ3v) is 3.12. The number of hydrogen-bond donors (Lipinski definition) is 3. The van der Waals surface area contributed by atoms with E-state index >= 15 is 0 Å². The lowest BCUT2D eigenvalue weighted by atomic mass is 9.81. The Morgan fingerprint density at radius 2 is 2.40 bits per heavy atom. The molecule has 15 heavy (non-hydrogen) atoms. The maximum absolute atomic E-state index is 12.0. The van der Waals surface area contributed by atoms with Gasteiger partial charge in [-0.1, -0.05) is 13.3 Å². The average molecular weight is 213 g/mol. The van der Waals surface area contributed by atoms with E-state index in [1.807, 2.05) is 0 Å². The van der Waals surface area contributed by atoms with Crippen molar-refractivity contribution in [2.75, 3.05) is 26.2 Å². The van der Waals surface area contributed by atoms with Crippen molar-refractivity contribution in [3.8, 4) is 0 Å². The number of hydrogen-bond acceptors (Lipinski definition) is 3. The average Bonchev–Trinajstić information content (AvgIpc) is 2.68. The molecule has 1 amide bonds. The van der Waals surface area contributed by atoms with Gasteiger partial charge in [-0.3, -0.25) is 4.79 Å². The lowest BCUT2D eigenvalue weighted by Gasteiger charge is -2.26. The van der Waals surface area contributed by atoms with E-state index in [-0.39, 0.29) is 11.3 Å². The smallest absolute Gasteiger partial charge is 0.227 e. The van der Waals surface area contributed by atoms with Crippen LogP contribution in [0.2, 0.25) is 0 Å². The minimum absolute atomic E-state index is 0.149. The van der Waals surface area contributed by atoms with Gasteiger partial charge < -0.3 is 16.4 Å². The lowest BCUT2D eigenvalue weighted by molar-refractivity contribution is -0.130. The number of amides is 1. The summed E-state index contributed by atoms with van der Waals surface area (Å²) in [7, 11) is 0. The normalized spacial score (nSPS) is 25.5. The van der Waals surface area contributed by atoms with Crippen molar-refractivity contribution in [1.82, 2.24) is 10.6 Å². The van der Waals surface area contributed by atoms with E-state index in [9.17, 15) is 4.79 Å². The highest BCUT2D eigenvalue weighted by Crippen LogP contribution is 2.31. The highest BCUT2D eigenvalue weighted by molar-refractivity contribution is 5.83. The highest BCUT2D eigenvalue weighted by atomic mass is 16.2. The Kier molecular flexibility index (Phi) is 5.05. The molecule has 0 radical (unpaired) electrons. The molecule has 4 heteroatoms. The first kappa shape index (κ1) is 12.5. The van der Waals surface area contributed by atoms with Crippen molar-refractivity contribution in [3.63, 3.8) is 0 Å². The molecule has 88 valence electrons. The zero-order valence-electron chi connectivity index (χ0n) is 9.64. The summed E-state index contributed by atoms with van der Waals surface area (Å²) in [6.45, 7) is 5.27. The van der Waals surface area contributed by atoms with Crippen LogP contribution in [0, 0.1) is 5.41 Å². The topological polar surface area (TPSA) is 67.2 Å². The van der Waals surface area contributed by atoms with Crippen LogP contribution < -0.4 is 16.4 Å². The second kappa shape index (κ2) is 6.08. The Labute approximate surface area is 92.0 Å². The molecule has 1 atom stereocenters. The molecule has 1 fully saturated rings. The van der Waals surface area contributed by atoms with Gasteiger partial charge >= 0.3 is 0 Å². The summed E-state index contributed by atoms with van der Waals surface area (Å²) in [5, 5.41) is 6.28. The van der Waals surface area contributed by atoms with E-state index in [4.69, 9.17) is 5.73 Å². The zero-order valence-corrected chi connectivity index (χ0v) is 9.64. The van der Waals surface area contributed by atoms with Crippen LogP contribution in [0.3, 0.4) is 0 Å². The van der Waals surface area contributed by atoms with Crippen LogP contribution in [0.1, 0.15) is 32.6 Å². The fourth-order valence-electron chi connectivity index (χ4n) is 2.23. The predicted molar refractivity (Wildman–Crippen MR) is 61.5 cm³/mol. The Morgan fingerprint density at radius 1 is 1.60 bits per heavy atom. The third kappa shape index (κ3) is 3.18.